The zero-order chi connectivity index (χ0) is 25.7. The number of fused-ring (bicyclic) bond motifs is 1. The molecule has 0 atom stereocenters. The monoisotopic (exact) mass is 532 g/mol. The van der Waals surface area contributed by atoms with Gasteiger partial charge in [-0.1, -0.05) is 29.3 Å². The van der Waals surface area contributed by atoms with Gasteiger partial charge in [-0.2, -0.15) is 10.2 Å². The van der Waals surface area contributed by atoms with Gasteiger partial charge in [0.1, 0.15) is 6.54 Å². The van der Waals surface area contributed by atoms with Crippen molar-refractivity contribution in [2.45, 2.75) is 59.0 Å². The zero-order valence-corrected chi connectivity index (χ0v) is 21.5. The van der Waals surface area contributed by atoms with E-state index >= 15 is 0 Å². The molecule has 0 aliphatic heterocycles. The summed E-state index contributed by atoms with van der Waals surface area (Å²) in [5.41, 5.74) is 3.92. The van der Waals surface area contributed by atoms with Gasteiger partial charge in [0.15, 0.2) is 5.65 Å². The van der Waals surface area contributed by atoms with Crippen LogP contribution in [0.3, 0.4) is 0 Å². The molecule has 3 aromatic heterocycles. The summed E-state index contributed by atoms with van der Waals surface area (Å²) in [6.45, 7) is 5.45. The molecule has 1 saturated carbocycles. The lowest BCUT2D eigenvalue weighted by molar-refractivity contribution is -0.116. The number of hydrogen-bond acceptors (Lipinski definition) is 4. The van der Waals surface area contributed by atoms with Crippen molar-refractivity contribution < 1.29 is 13.6 Å². The zero-order valence-electron chi connectivity index (χ0n) is 19.9. The molecule has 4 aromatic rings. The molecule has 1 aromatic carbocycles. The lowest BCUT2D eigenvalue weighted by atomic mass is 10.1. The fourth-order valence-corrected chi connectivity index (χ4v) is 4.97. The van der Waals surface area contributed by atoms with Gasteiger partial charge in [0.25, 0.3) is 6.43 Å². The lowest BCUT2D eigenvalue weighted by Gasteiger charge is -2.10. The average molecular weight is 533 g/mol. The summed E-state index contributed by atoms with van der Waals surface area (Å²) in [6, 6.07) is 6.77. The van der Waals surface area contributed by atoms with E-state index in [1.54, 1.807) is 36.7 Å². The second-order valence-electron chi connectivity index (χ2n) is 9.10. The van der Waals surface area contributed by atoms with Gasteiger partial charge >= 0.3 is 0 Å². The van der Waals surface area contributed by atoms with Crippen molar-refractivity contribution in [2.75, 3.05) is 5.32 Å². The average Bonchev–Trinajstić information content (AvgIpc) is 3.58. The van der Waals surface area contributed by atoms with Crippen LogP contribution in [0.25, 0.3) is 11.0 Å². The molecule has 0 radical (unpaired) electrons. The third kappa shape index (κ3) is 4.57. The highest BCUT2D eigenvalue weighted by Crippen LogP contribution is 2.42. The molecular weight excluding hydrogens is 509 g/mol. The molecule has 1 aliphatic rings. The molecule has 0 bridgehead atoms. The highest BCUT2D eigenvalue weighted by molar-refractivity contribution is 6.36. The van der Waals surface area contributed by atoms with Crippen molar-refractivity contribution in [2.24, 2.45) is 0 Å². The molecule has 3 heterocycles. The number of aromatic nitrogens is 5. The molecule has 0 unspecified atom stereocenters. The number of amides is 1. The topological polar surface area (TPSA) is 77.6 Å². The van der Waals surface area contributed by atoms with Gasteiger partial charge in [-0.05, 0) is 51.8 Å². The van der Waals surface area contributed by atoms with Crippen molar-refractivity contribution in [3.8, 4) is 0 Å². The Morgan fingerprint density at radius 2 is 1.78 bits per heavy atom. The Morgan fingerprint density at radius 3 is 2.42 bits per heavy atom. The Morgan fingerprint density at radius 1 is 1.11 bits per heavy atom. The number of nitrogens with one attached hydrogen (secondary N) is 1. The van der Waals surface area contributed by atoms with Crippen LogP contribution in [0.1, 0.15) is 59.1 Å². The molecule has 7 nitrogen and oxygen atoms in total. The SMILES string of the molecule is Cc1nn(Cc2c(Cl)cccc2Cl)c(C)c1NC(=O)Cn1nc(C)c2c(C(F)F)cc(C3CC3)nc21. The van der Waals surface area contributed by atoms with Crippen LogP contribution in [0.4, 0.5) is 14.5 Å². The summed E-state index contributed by atoms with van der Waals surface area (Å²) in [6.07, 6.45) is -0.797. The first-order chi connectivity index (χ1) is 17.1. The lowest BCUT2D eigenvalue weighted by Crippen LogP contribution is -2.20. The number of benzene rings is 1. The maximum Gasteiger partial charge on any atom is 0.264 e. The van der Waals surface area contributed by atoms with Crippen molar-refractivity contribution in [1.82, 2.24) is 24.5 Å². The molecule has 0 spiro atoms. The van der Waals surface area contributed by atoms with Crippen LogP contribution in [0, 0.1) is 20.8 Å². The fraction of sp³-hybridized carbons (Fsp3) is 0.360. The first-order valence-electron chi connectivity index (χ1n) is 11.6. The van der Waals surface area contributed by atoms with E-state index in [9.17, 15) is 13.6 Å². The Labute approximate surface area is 216 Å². The molecule has 11 heteroatoms. The molecule has 5 rings (SSSR count). The third-order valence-corrected chi connectivity index (χ3v) is 7.18. The van der Waals surface area contributed by atoms with E-state index in [0.717, 1.165) is 24.1 Å². The normalized spacial score (nSPS) is 13.7. The molecule has 0 saturated heterocycles. The number of carbonyl (C=O) groups excluding carboxylic acids is 1. The van der Waals surface area contributed by atoms with Crippen LogP contribution >= 0.6 is 23.2 Å². The number of nitrogens with zero attached hydrogens (tertiary/aromatic N) is 5. The molecule has 1 aliphatic carbocycles. The van der Waals surface area contributed by atoms with Crippen molar-refractivity contribution in [3.05, 3.63) is 68.2 Å². The molecule has 36 heavy (non-hydrogen) atoms. The predicted octanol–water partition coefficient (Wildman–Crippen LogP) is 6.36. The van der Waals surface area contributed by atoms with Gasteiger partial charge in [-0.3, -0.25) is 9.48 Å². The van der Waals surface area contributed by atoms with Crippen LogP contribution in [0.5, 0.6) is 0 Å². The molecular formula is C25H24Cl2F2N6O. The van der Waals surface area contributed by atoms with Crippen LogP contribution in [-0.4, -0.2) is 30.5 Å². The largest absolute Gasteiger partial charge is 0.321 e. The minimum Gasteiger partial charge on any atom is -0.321 e. The second kappa shape index (κ2) is 9.44. The Hall–Kier alpha value is -3.04. The summed E-state index contributed by atoms with van der Waals surface area (Å²) in [5.74, 6) is -0.176. The minimum absolute atomic E-state index is 0.0859. The summed E-state index contributed by atoms with van der Waals surface area (Å²) >= 11 is 12.6. The number of alkyl halides is 2. The van der Waals surface area contributed by atoms with E-state index in [4.69, 9.17) is 23.2 Å². The van der Waals surface area contributed by atoms with Crippen LogP contribution in [-0.2, 0) is 17.9 Å². The number of hydrogen-bond donors (Lipinski definition) is 1. The van der Waals surface area contributed by atoms with E-state index in [-0.39, 0.29) is 23.9 Å². The second-order valence-corrected chi connectivity index (χ2v) is 9.92. The smallest absolute Gasteiger partial charge is 0.264 e. The van der Waals surface area contributed by atoms with Crippen molar-refractivity contribution >= 4 is 45.8 Å². The van der Waals surface area contributed by atoms with Gasteiger partial charge in [-0.15, -0.1) is 0 Å². The van der Waals surface area contributed by atoms with E-state index in [2.05, 4.69) is 20.5 Å². The molecule has 1 fully saturated rings. The summed E-state index contributed by atoms with van der Waals surface area (Å²) in [7, 11) is 0. The van der Waals surface area contributed by atoms with Gasteiger partial charge in [-0.25, -0.2) is 18.4 Å². The summed E-state index contributed by atoms with van der Waals surface area (Å²) < 4.78 is 30.8. The van der Waals surface area contributed by atoms with Crippen molar-refractivity contribution in [3.63, 3.8) is 0 Å². The number of halogens is 4. The quantitative estimate of drug-likeness (QED) is 0.300. The summed E-state index contributed by atoms with van der Waals surface area (Å²) in [5, 5.41) is 13.2. The Bertz CT molecular complexity index is 1470. The molecule has 188 valence electrons. The number of pyridine rings is 1. The van der Waals surface area contributed by atoms with Crippen molar-refractivity contribution in [1.29, 1.82) is 0 Å². The highest BCUT2D eigenvalue weighted by atomic mass is 35.5. The van der Waals surface area contributed by atoms with Gasteiger partial charge in [0.05, 0.1) is 34.7 Å². The standard InChI is InChI=1S/C25H24Cl2F2N6O/c1-12-22-16(24(28)29)9-20(15-7-8-15)30-25(22)35(32-12)11-21(36)31-23-13(2)33-34(14(23)3)10-17-18(26)5-4-6-19(17)27/h4-6,9,15,24H,7-8,10-11H2,1-3H3,(H,31,36). The minimum atomic E-state index is -2.65. The first-order valence-corrected chi connectivity index (χ1v) is 12.3. The van der Waals surface area contributed by atoms with E-state index in [0.29, 0.717) is 50.4 Å². The number of anilines is 1. The number of rotatable bonds is 7. The maximum absolute atomic E-state index is 13.8. The third-order valence-electron chi connectivity index (χ3n) is 6.47. The number of carbonyl (C=O) groups is 1. The summed E-state index contributed by atoms with van der Waals surface area (Å²) in [4.78, 5) is 17.6. The van der Waals surface area contributed by atoms with E-state index in [1.165, 1.54) is 10.7 Å². The fourth-order valence-electron chi connectivity index (χ4n) is 4.46. The first kappa shape index (κ1) is 24.6. The Kier molecular flexibility index (Phi) is 6.46. The van der Waals surface area contributed by atoms with Crippen LogP contribution in [0.15, 0.2) is 24.3 Å². The Balaban J connectivity index is 1.41. The van der Waals surface area contributed by atoms with E-state index < -0.39 is 6.43 Å². The van der Waals surface area contributed by atoms with Crippen LogP contribution in [0.2, 0.25) is 10.0 Å². The highest BCUT2D eigenvalue weighted by Gasteiger charge is 2.29. The number of aryl methyl sites for hydroxylation is 2. The maximum atomic E-state index is 13.8. The van der Waals surface area contributed by atoms with Gasteiger partial charge in [0.2, 0.25) is 5.91 Å². The van der Waals surface area contributed by atoms with E-state index in [1.807, 2.05) is 6.92 Å². The van der Waals surface area contributed by atoms with Gasteiger partial charge < -0.3 is 5.32 Å². The predicted molar refractivity (Wildman–Crippen MR) is 135 cm³/mol. The molecule has 1 amide bonds. The molecule has 1 N–H and O–H groups in total. The van der Waals surface area contributed by atoms with Crippen LogP contribution < -0.4 is 5.32 Å². The van der Waals surface area contributed by atoms with Gasteiger partial charge in [0, 0.05) is 32.8 Å².